The van der Waals surface area contributed by atoms with Crippen molar-refractivity contribution in [3.63, 3.8) is 0 Å². The topological polar surface area (TPSA) is 89.6 Å². The van der Waals surface area contributed by atoms with E-state index in [4.69, 9.17) is 9.47 Å². The van der Waals surface area contributed by atoms with Crippen LogP contribution < -0.4 is 20.1 Å². The van der Waals surface area contributed by atoms with Gasteiger partial charge < -0.3 is 20.1 Å². The maximum absolute atomic E-state index is 12.4. The third kappa shape index (κ3) is 3.74. The van der Waals surface area contributed by atoms with Gasteiger partial charge in [-0.25, -0.2) is 4.98 Å². The van der Waals surface area contributed by atoms with E-state index in [9.17, 15) is 9.59 Å². The number of hydrogen-bond donors (Lipinski definition) is 2. The summed E-state index contributed by atoms with van der Waals surface area (Å²) < 4.78 is 10.7. The number of methoxy groups -OCH3 is 2. The van der Waals surface area contributed by atoms with Crippen molar-refractivity contribution in [2.45, 2.75) is 24.9 Å². The summed E-state index contributed by atoms with van der Waals surface area (Å²) in [7, 11) is 3.14. The Bertz CT molecular complexity index is 763. The molecular formula is C17H19N3O4S. The van der Waals surface area contributed by atoms with Gasteiger partial charge in [-0.3, -0.25) is 9.59 Å². The predicted molar refractivity (Wildman–Crippen MR) is 93.0 cm³/mol. The molecule has 0 bridgehead atoms. The summed E-state index contributed by atoms with van der Waals surface area (Å²) in [5, 5.41) is 7.62. The number of carbonyl (C=O) groups excluding carboxylic acids is 2. The van der Waals surface area contributed by atoms with Gasteiger partial charge in [0.05, 0.1) is 31.8 Å². The number of hydrogen-bond acceptors (Lipinski definition) is 6. The molecule has 0 saturated carbocycles. The lowest BCUT2D eigenvalue weighted by atomic mass is 9.91. The Labute approximate surface area is 149 Å². The Morgan fingerprint density at radius 1 is 1.36 bits per heavy atom. The minimum atomic E-state index is -0.385. The number of nitrogens with zero attached hydrogens (tertiary/aromatic N) is 1. The molecule has 0 aliphatic carbocycles. The summed E-state index contributed by atoms with van der Waals surface area (Å²) in [5.74, 6) is 0.951. The molecule has 1 aromatic heterocycles. The number of amides is 2. The predicted octanol–water partition coefficient (Wildman–Crippen LogP) is 1.91. The number of benzene rings is 1. The molecule has 2 heterocycles. The van der Waals surface area contributed by atoms with Gasteiger partial charge in [-0.1, -0.05) is 0 Å². The van der Waals surface area contributed by atoms with Gasteiger partial charge in [0.2, 0.25) is 5.91 Å². The molecule has 2 atom stereocenters. The molecular weight excluding hydrogens is 342 g/mol. The van der Waals surface area contributed by atoms with Gasteiger partial charge in [0.25, 0.3) is 5.91 Å². The van der Waals surface area contributed by atoms with Gasteiger partial charge in [0.1, 0.15) is 17.2 Å². The first-order chi connectivity index (χ1) is 12.1. The molecule has 2 N–H and O–H groups in total. The highest BCUT2D eigenvalue weighted by Gasteiger charge is 2.33. The molecule has 0 spiro atoms. The van der Waals surface area contributed by atoms with Gasteiger partial charge >= 0.3 is 0 Å². The molecule has 1 aliphatic heterocycles. The number of carbonyl (C=O) groups is 2. The Morgan fingerprint density at radius 3 is 2.88 bits per heavy atom. The average molecular weight is 361 g/mol. The Morgan fingerprint density at radius 2 is 2.20 bits per heavy atom. The zero-order valence-corrected chi connectivity index (χ0v) is 14.8. The lowest BCUT2D eigenvalue weighted by molar-refractivity contribution is -0.123. The van der Waals surface area contributed by atoms with Crippen molar-refractivity contribution in [2.75, 3.05) is 14.2 Å². The van der Waals surface area contributed by atoms with E-state index >= 15 is 0 Å². The fraction of sp³-hybridized carbons (Fsp3) is 0.353. The summed E-state index contributed by atoms with van der Waals surface area (Å²) >= 11 is 1.36. The average Bonchev–Trinajstić information content (AvgIpc) is 3.17. The summed E-state index contributed by atoms with van der Waals surface area (Å²) in [6.45, 7) is 0. The van der Waals surface area contributed by atoms with Crippen molar-refractivity contribution in [1.82, 2.24) is 15.6 Å². The van der Waals surface area contributed by atoms with Gasteiger partial charge in [0, 0.05) is 23.4 Å². The number of ether oxygens (including phenoxy) is 2. The molecule has 2 amide bonds. The van der Waals surface area contributed by atoms with Crippen molar-refractivity contribution in [3.8, 4) is 11.5 Å². The highest BCUT2D eigenvalue weighted by molar-refractivity contribution is 7.07. The first kappa shape index (κ1) is 17.2. The van der Waals surface area contributed by atoms with Crippen LogP contribution in [0.15, 0.2) is 29.1 Å². The first-order valence-corrected chi connectivity index (χ1v) is 8.77. The SMILES string of the molecule is COc1ccc(C2NC(=O)CCC2NC(=O)c2cscn2)c(OC)c1. The third-order valence-electron chi connectivity index (χ3n) is 4.16. The zero-order valence-electron chi connectivity index (χ0n) is 13.9. The van der Waals surface area contributed by atoms with E-state index in [1.807, 2.05) is 6.07 Å². The second kappa shape index (κ2) is 7.52. The van der Waals surface area contributed by atoms with Crippen LogP contribution in [0.1, 0.15) is 34.9 Å². The lowest BCUT2D eigenvalue weighted by Gasteiger charge is -2.33. The van der Waals surface area contributed by atoms with Crippen LogP contribution in [0.5, 0.6) is 11.5 Å². The molecule has 132 valence electrons. The maximum atomic E-state index is 12.4. The molecule has 7 nitrogen and oxygen atoms in total. The maximum Gasteiger partial charge on any atom is 0.271 e. The van der Waals surface area contributed by atoms with Crippen LogP contribution >= 0.6 is 11.3 Å². The molecule has 1 saturated heterocycles. The smallest absolute Gasteiger partial charge is 0.271 e. The highest BCUT2D eigenvalue weighted by Crippen LogP contribution is 2.34. The van der Waals surface area contributed by atoms with Gasteiger partial charge in [-0.2, -0.15) is 0 Å². The van der Waals surface area contributed by atoms with E-state index in [2.05, 4.69) is 15.6 Å². The van der Waals surface area contributed by atoms with Crippen LogP contribution in [0.3, 0.4) is 0 Å². The quantitative estimate of drug-likeness (QED) is 0.849. The summed E-state index contributed by atoms with van der Waals surface area (Å²) in [6, 6.07) is 4.77. The van der Waals surface area contributed by atoms with Crippen LogP contribution in [0.25, 0.3) is 0 Å². The molecule has 1 aromatic carbocycles. The molecule has 2 unspecified atom stereocenters. The fourth-order valence-corrected chi connectivity index (χ4v) is 3.42. The monoisotopic (exact) mass is 361 g/mol. The molecule has 1 fully saturated rings. The van der Waals surface area contributed by atoms with Crippen LogP contribution in [0, 0.1) is 0 Å². The van der Waals surface area contributed by atoms with Crippen LogP contribution in [-0.4, -0.2) is 37.1 Å². The van der Waals surface area contributed by atoms with E-state index in [1.54, 1.807) is 37.2 Å². The summed E-state index contributed by atoms with van der Waals surface area (Å²) in [6.07, 6.45) is 0.901. The fourth-order valence-electron chi connectivity index (χ4n) is 2.89. The van der Waals surface area contributed by atoms with Crippen molar-refractivity contribution in [2.24, 2.45) is 0 Å². The van der Waals surface area contributed by atoms with Gasteiger partial charge in [-0.05, 0) is 18.6 Å². The number of rotatable bonds is 5. The Balaban J connectivity index is 1.87. The number of nitrogens with one attached hydrogen (secondary N) is 2. The second-order valence-electron chi connectivity index (χ2n) is 5.65. The minimum Gasteiger partial charge on any atom is -0.497 e. The van der Waals surface area contributed by atoms with Crippen molar-refractivity contribution < 1.29 is 19.1 Å². The van der Waals surface area contributed by atoms with E-state index in [0.29, 0.717) is 30.0 Å². The minimum absolute atomic E-state index is 0.0537. The molecule has 25 heavy (non-hydrogen) atoms. The van der Waals surface area contributed by atoms with Crippen LogP contribution in [-0.2, 0) is 4.79 Å². The lowest BCUT2D eigenvalue weighted by Crippen LogP contribution is -2.50. The van der Waals surface area contributed by atoms with Crippen molar-refractivity contribution in [3.05, 3.63) is 40.3 Å². The van der Waals surface area contributed by atoms with Crippen LogP contribution in [0.4, 0.5) is 0 Å². The van der Waals surface area contributed by atoms with E-state index < -0.39 is 0 Å². The molecule has 1 aliphatic rings. The number of thiazole rings is 1. The van der Waals surface area contributed by atoms with Gasteiger partial charge in [0.15, 0.2) is 0 Å². The van der Waals surface area contributed by atoms with Gasteiger partial charge in [-0.15, -0.1) is 11.3 Å². The van der Waals surface area contributed by atoms with E-state index in [-0.39, 0.29) is 23.9 Å². The summed E-state index contributed by atoms with van der Waals surface area (Å²) in [4.78, 5) is 28.3. The van der Waals surface area contributed by atoms with Crippen molar-refractivity contribution in [1.29, 1.82) is 0 Å². The largest absolute Gasteiger partial charge is 0.497 e. The Hall–Kier alpha value is -2.61. The molecule has 2 aromatic rings. The summed E-state index contributed by atoms with van der Waals surface area (Å²) in [5.41, 5.74) is 2.78. The molecule has 0 radical (unpaired) electrons. The first-order valence-electron chi connectivity index (χ1n) is 7.82. The molecule has 3 rings (SSSR count). The van der Waals surface area contributed by atoms with E-state index in [0.717, 1.165) is 5.56 Å². The van der Waals surface area contributed by atoms with Crippen LogP contribution in [0.2, 0.25) is 0 Å². The van der Waals surface area contributed by atoms with E-state index in [1.165, 1.54) is 11.3 Å². The zero-order chi connectivity index (χ0) is 17.8. The highest BCUT2D eigenvalue weighted by atomic mass is 32.1. The Kier molecular flexibility index (Phi) is 5.18. The normalized spacial score (nSPS) is 19.8. The number of aromatic nitrogens is 1. The third-order valence-corrected chi connectivity index (χ3v) is 4.74. The molecule has 8 heteroatoms. The number of piperidine rings is 1. The van der Waals surface area contributed by atoms with Crippen molar-refractivity contribution >= 4 is 23.2 Å². The standard InChI is InChI=1S/C17H19N3O4S/c1-23-10-3-4-11(14(7-10)24-2)16-12(5-6-15(21)20-16)19-17(22)13-8-25-9-18-13/h3-4,7-9,12,16H,5-6H2,1-2H3,(H,19,22)(H,20,21). The second-order valence-corrected chi connectivity index (χ2v) is 6.36.